The van der Waals surface area contributed by atoms with Gasteiger partial charge >= 0.3 is 6.09 Å². The molecule has 0 spiro atoms. The van der Waals surface area contributed by atoms with Crippen LogP contribution in [0.3, 0.4) is 0 Å². The molecular formula is C26H34N4O4. The highest BCUT2D eigenvalue weighted by Gasteiger charge is 2.42. The number of hydrogen-bond donors (Lipinski definition) is 2. The van der Waals surface area contributed by atoms with Crippen molar-refractivity contribution < 1.29 is 14.5 Å². The molecule has 0 aromatic heterocycles. The number of benzene rings is 2. The van der Waals surface area contributed by atoms with Crippen molar-refractivity contribution in [2.24, 2.45) is 0 Å². The van der Waals surface area contributed by atoms with E-state index in [2.05, 4.69) is 22.5 Å². The van der Waals surface area contributed by atoms with Gasteiger partial charge in [-0.3, -0.25) is 10.1 Å². The van der Waals surface area contributed by atoms with Crippen LogP contribution in [0.15, 0.2) is 54.6 Å². The maximum absolute atomic E-state index is 12.7. The molecule has 2 aliphatic rings. The lowest BCUT2D eigenvalue weighted by Gasteiger charge is -2.52. The third kappa shape index (κ3) is 5.67. The smallest absolute Gasteiger partial charge is 0.407 e. The highest BCUT2D eigenvalue weighted by molar-refractivity contribution is 5.68. The molecule has 1 heterocycles. The number of nitrogens with one attached hydrogen (secondary N) is 2. The fraction of sp³-hybridized carbons (Fsp3) is 0.500. The van der Waals surface area contributed by atoms with E-state index in [9.17, 15) is 14.9 Å². The number of alkyl carbamates (subject to hydrolysis) is 1. The normalized spacial score (nSPS) is 24.7. The topological polar surface area (TPSA) is 96.7 Å². The number of carbonyl (C=O) groups excluding carboxylic acids is 1. The molecule has 3 atom stereocenters. The molecule has 34 heavy (non-hydrogen) atoms. The first-order valence-electron chi connectivity index (χ1n) is 12.2. The van der Waals surface area contributed by atoms with E-state index in [4.69, 9.17) is 4.74 Å². The number of nitrogens with zero attached hydrogens (tertiary/aromatic N) is 2. The van der Waals surface area contributed by atoms with E-state index < -0.39 is 6.09 Å². The van der Waals surface area contributed by atoms with Crippen LogP contribution in [-0.4, -0.2) is 41.7 Å². The number of nitro groups is 1. The molecule has 4 rings (SSSR count). The number of carbonyl (C=O) groups is 1. The second kappa shape index (κ2) is 10.9. The van der Waals surface area contributed by atoms with Crippen LogP contribution in [0.1, 0.15) is 51.0 Å². The number of anilines is 1. The molecular weight excluding hydrogens is 432 g/mol. The molecule has 0 radical (unpaired) electrons. The Morgan fingerprint density at radius 1 is 1.15 bits per heavy atom. The lowest BCUT2D eigenvalue weighted by atomic mass is 9.82. The minimum absolute atomic E-state index is 0.0639. The van der Waals surface area contributed by atoms with E-state index in [1.165, 1.54) is 0 Å². The summed E-state index contributed by atoms with van der Waals surface area (Å²) in [6.45, 7) is 4.30. The average Bonchev–Trinajstić information content (AvgIpc) is 2.85. The van der Waals surface area contributed by atoms with Crippen LogP contribution in [0.25, 0.3) is 0 Å². The molecule has 1 aliphatic carbocycles. The molecule has 8 heteroatoms. The van der Waals surface area contributed by atoms with Gasteiger partial charge in [-0.2, -0.15) is 0 Å². The zero-order valence-electron chi connectivity index (χ0n) is 19.7. The van der Waals surface area contributed by atoms with Crippen LogP contribution >= 0.6 is 0 Å². The number of ether oxygens (including phenoxy) is 1. The summed E-state index contributed by atoms with van der Waals surface area (Å²) >= 11 is 0. The van der Waals surface area contributed by atoms with Gasteiger partial charge in [0, 0.05) is 30.4 Å². The van der Waals surface area contributed by atoms with Crippen LogP contribution in [0.5, 0.6) is 0 Å². The predicted octanol–water partition coefficient (Wildman–Crippen LogP) is 4.78. The molecule has 1 aliphatic heterocycles. The third-order valence-electron chi connectivity index (χ3n) is 7.07. The second-order valence-electron chi connectivity index (χ2n) is 9.59. The quantitative estimate of drug-likeness (QED) is 0.450. The molecule has 2 N–H and O–H groups in total. The fourth-order valence-corrected chi connectivity index (χ4v) is 5.39. The van der Waals surface area contributed by atoms with Gasteiger partial charge in [-0.25, -0.2) is 4.79 Å². The van der Waals surface area contributed by atoms with Crippen molar-refractivity contribution in [1.82, 2.24) is 10.6 Å². The van der Waals surface area contributed by atoms with Crippen LogP contribution < -0.4 is 15.5 Å². The number of rotatable bonds is 7. The van der Waals surface area contributed by atoms with E-state index in [1.54, 1.807) is 12.1 Å². The summed E-state index contributed by atoms with van der Waals surface area (Å²) in [6, 6.07) is 16.5. The predicted molar refractivity (Wildman–Crippen MR) is 132 cm³/mol. The van der Waals surface area contributed by atoms with E-state index in [0.717, 1.165) is 62.9 Å². The first kappa shape index (κ1) is 24.0. The fourth-order valence-electron chi connectivity index (χ4n) is 5.39. The zero-order valence-corrected chi connectivity index (χ0v) is 19.7. The summed E-state index contributed by atoms with van der Waals surface area (Å²) in [5.74, 6) is 0. The van der Waals surface area contributed by atoms with Gasteiger partial charge in [0.15, 0.2) is 0 Å². The third-order valence-corrected chi connectivity index (χ3v) is 7.07. The SMILES string of the molecule is C[C@]1(N(c2ccc([N+](=O)[O-])cc2)[C@@H]2CCCC[C@H]2NC(=O)OCc2ccccc2)CCCNC1. The highest BCUT2D eigenvalue weighted by atomic mass is 16.6. The molecule has 8 nitrogen and oxygen atoms in total. The average molecular weight is 467 g/mol. The van der Waals surface area contributed by atoms with Crippen molar-refractivity contribution in [2.75, 3.05) is 18.0 Å². The van der Waals surface area contributed by atoms with Crippen LogP contribution in [0.4, 0.5) is 16.2 Å². The first-order valence-corrected chi connectivity index (χ1v) is 12.2. The molecule has 0 unspecified atom stereocenters. The van der Waals surface area contributed by atoms with Crippen LogP contribution in [0.2, 0.25) is 0 Å². The number of non-ortho nitro benzene ring substituents is 1. The van der Waals surface area contributed by atoms with E-state index in [-0.39, 0.29) is 34.8 Å². The zero-order chi connectivity index (χ0) is 24.0. The largest absolute Gasteiger partial charge is 0.445 e. The number of hydrogen-bond acceptors (Lipinski definition) is 6. The van der Waals surface area contributed by atoms with Gasteiger partial charge in [-0.1, -0.05) is 43.2 Å². The van der Waals surface area contributed by atoms with Crippen molar-refractivity contribution in [3.8, 4) is 0 Å². The highest BCUT2D eigenvalue weighted by Crippen LogP contribution is 2.37. The lowest BCUT2D eigenvalue weighted by molar-refractivity contribution is -0.384. The van der Waals surface area contributed by atoms with Gasteiger partial charge in [0.1, 0.15) is 6.61 Å². The van der Waals surface area contributed by atoms with Gasteiger partial charge in [0.05, 0.1) is 16.5 Å². The number of nitro benzene ring substituents is 1. The first-order chi connectivity index (χ1) is 16.5. The standard InChI is InChI=1S/C26H34N4O4/c1-26(16-7-17-27-19-26)29(21-12-14-22(15-13-21)30(32)33)24-11-6-5-10-23(24)28-25(31)34-18-20-8-3-2-4-9-20/h2-4,8-9,12-15,23-24,27H,5-7,10-11,16-19H2,1H3,(H,28,31)/t23-,24-,26+/m1/s1. The molecule has 2 aromatic carbocycles. The van der Waals surface area contributed by atoms with Crippen molar-refractivity contribution in [2.45, 2.75) is 69.7 Å². The monoisotopic (exact) mass is 466 g/mol. The molecule has 2 aromatic rings. The Morgan fingerprint density at radius 3 is 2.56 bits per heavy atom. The lowest BCUT2D eigenvalue weighted by Crippen LogP contribution is -2.64. The summed E-state index contributed by atoms with van der Waals surface area (Å²) in [5, 5.41) is 17.9. The number of piperidine rings is 1. The Morgan fingerprint density at radius 2 is 1.88 bits per heavy atom. The summed E-state index contributed by atoms with van der Waals surface area (Å²) in [7, 11) is 0. The van der Waals surface area contributed by atoms with Crippen LogP contribution in [-0.2, 0) is 11.3 Å². The molecule has 1 amide bonds. The van der Waals surface area contributed by atoms with Gasteiger partial charge in [-0.05, 0) is 56.8 Å². The summed E-state index contributed by atoms with van der Waals surface area (Å²) in [4.78, 5) is 26.0. The van der Waals surface area contributed by atoms with Crippen molar-refractivity contribution >= 4 is 17.5 Å². The summed E-state index contributed by atoms with van der Waals surface area (Å²) in [6.07, 6.45) is 5.60. The van der Waals surface area contributed by atoms with Gasteiger partial charge in [-0.15, -0.1) is 0 Å². The summed E-state index contributed by atoms with van der Waals surface area (Å²) < 4.78 is 5.52. The molecule has 1 saturated carbocycles. The maximum Gasteiger partial charge on any atom is 0.407 e. The minimum Gasteiger partial charge on any atom is -0.445 e. The molecule has 182 valence electrons. The number of amides is 1. The molecule has 1 saturated heterocycles. The van der Waals surface area contributed by atoms with E-state index >= 15 is 0 Å². The molecule has 0 bridgehead atoms. The van der Waals surface area contributed by atoms with Gasteiger partial charge in [0.2, 0.25) is 0 Å². The van der Waals surface area contributed by atoms with Crippen molar-refractivity contribution in [3.63, 3.8) is 0 Å². The van der Waals surface area contributed by atoms with E-state index in [1.807, 2.05) is 42.5 Å². The Bertz CT molecular complexity index is 961. The van der Waals surface area contributed by atoms with Crippen molar-refractivity contribution in [3.05, 3.63) is 70.3 Å². The second-order valence-corrected chi connectivity index (χ2v) is 9.59. The maximum atomic E-state index is 12.7. The Kier molecular flexibility index (Phi) is 7.67. The minimum atomic E-state index is -0.406. The van der Waals surface area contributed by atoms with Crippen LogP contribution in [0, 0.1) is 10.1 Å². The van der Waals surface area contributed by atoms with Gasteiger partial charge < -0.3 is 20.3 Å². The Labute approximate surface area is 200 Å². The Hall–Kier alpha value is -3.13. The van der Waals surface area contributed by atoms with E-state index in [0.29, 0.717) is 0 Å². The summed E-state index contributed by atoms with van der Waals surface area (Å²) in [5.41, 5.74) is 1.82. The Balaban J connectivity index is 1.55. The van der Waals surface area contributed by atoms with Gasteiger partial charge in [0.25, 0.3) is 5.69 Å². The molecule has 2 fully saturated rings. The van der Waals surface area contributed by atoms with Crippen molar-refractivity contribution in [1.29, 1.82) is 0 Å².